The Labute approximate surface area is 81.7 Å². The van der Waals surface area contributed by atoms with E-state index >= 15 is 0 Å². The molecule has 0 saturated carbocycles. The van der Waals surface area contributed by atoms with Gasteiger partial charge in [0.15, 0.2) is 0 Å². The van der Waals surface area contributed by atoms with Crippen molar-refractivity contribution in [3.63, 3.8) is 0 Å². The van der Waals surface area contributed by atoms with Gasteiger partial charge in [-0.3, -0.25) is 4.79 Å². The van der Waals surface area contributed by atoms with Crippen molar-refractivity contribution in [3.05, 3.63) is 29.1 Å². The first-order valence-electron chi connectivity index (χ1n) is 4.16. The third kappa shape index (κ3) is 2.22. The maximum Gasteiger partial charge on any atom is 0.309 e. The Morgan fingerprint density at radius 1 is 1.57 bits per heavy atom. The smallest absolute Gasteiger partial charge is 0.309 e. The van der Waals surface area contributed by atoms with E-state index in [1.54, 1.807) is 13.0 Å². The lowest BCUT2D eigenvalue weighted by molar-refractivity contribution is -0.139. The molecule has 1 rings (SSSR count). The van der Waals surface area contributed by atoms with E-state index in [0.29, 0.717) is 16.8 Å². The summed E-state index contributed by atoms with van der Waals surface area (Å²) in [5, 5.41) is 0. The van der Waals surface area contributed by atoms with Crippen molar-refractivity contribution in [1.29, 1.82) is 0 Å². The zero-order valence-corrected chi connectivity index (χ0v) is 8.13. The Kier molecular flexibility index (Phi) is 3.06. The lowest BCUT2D eigenvalue weighted by atomic mass is 10.1. The number of hydrogen-bond acceptors (Lipinski definition) is 3. The van der Waals surface area contributed by atoms with Crippen molar-refractivity contribution in [2.75, 3.05) is 12.8 Å². The van der Waals surface area contributed by atoms with Gasteiger partial charge in [0.1, 0.15) is 5.82 Å². The average Bonchev–Trinajstić information content (AvgIpc) is 2.14. The van der Waals surface area contributed by atoms with Gasteiger partial charge in [0, 0.05) is 11.3 Å². The molecule has 0 aliphatic heterocycles. The van der Waals surface area contributed by atoms with Gasteiger partial charge in [-0.05, 0) is 24.6 Å². The largest absolute Gasteiger partial charge is 0.469 e. The van der Waals surface area contributed by atoms with Crippen LogP contribution in [0.15, 0.2) is 12.1 Å². The van der Waals surface area contributed by atoms with Crippen molar-refractivity contribution in [2.45, 2.75) is 13.3 Å². The standard InChI is InChI=1S/C10H12FNO2/c1-6-8(11)3-7(4-9(6)12)5-10(13)14-2/h3-4H,5,12H2,1-2H3. The second kappa shape index (κ2) is 4.09. The molecule has 0 bridgehead atoms. The number of hydrogen-bond donors (Lipinski definition) is 1. The summed E-state index contributed by atoms with van der Waals surface area (Å²) in [5.74, 6) is -0.809. The van der Waals surface area contributed by atoms with Crippen molar-refractivity contribution in [3.8, 4) is 0 Å². The van der Waals surface area contributed by atoms with Crippen LogP contribution >= 0.6 is 0 Å². The molecule has 0 heterocycles. The Morgan fingerprint density at radius 2 is 2.21 bits per heavy atom. The van der Waals surface area contributed by atoms with Gasteiger partial charge in [-0.1, -0.05) is 0 Å². The van der Waals surface area contributed by atoms with Crippen molar-refractivity contribution in [1.82, 2.24) is 0 Å². The Bertz CT molecular complexity index is 340. The van der Waals surface area contributed by atoms with Crippen LogP contribution in [-0.2, 0) is 16.0 Å². The minimum atomic E-state index is -0.410. The molecule has 0 fully saturated rings. The minimum Gasteiger partial charge on any atom is -0.469 e. The highest BCUT2D eigenvalue weighted by molar-refractivity contribution is 5.73. The van der Waals surface area contributed by atoms with E-state index in [-0.39, 0.29) is 6.42 Å². The SMILES string of the molecule is COC(=O)Cc1cc(N)c(C)c(F)c1. The van der Waals surface area contributed by atoms with Gasteiger partial charge in [-0.15, -0.1) is 0 Å². The van der Waals surface area contributed by atoms with Crippen LogP contribution in [0.1, 0.15) is 11.1 Å². The van der Waals surface area contributed by atoms with Gasteiger partial charge < -0.3 is 10.5 Å². The van der Waals surface area contributed by atoms with Gasteiger partial charge in [0.2, 0.25) is 0 Å². The maximum absolute atomic E-state index is 13.2. The average molecular weight is 197 g/mol. The summed E-state index contributed by atoms with van der Waals surface area (Å²) >= 11 is 0. The summed E-state index contributed by atoms with van der Waals surface area (Å²) in [6, 6.07) is 2.87. The summed E-state index contributed by atoms with van der Waals surface area (Å²) in [6.45, 7) is 1.59. The van der Waals surface area contributed by atoms with Gasteiger partial charge in [0.25, 0.3) is 0 Å². The van der Waals surface area contributed by atoms with Crippen LogP contribution in [0.2, 0.25) is 0 Å². The highest BCUT2D eigenvalue weighted by atomic mass is 19.1. The number of anilines is 1. The van der Waals surface area contributed by atoms with Gasteiger partial charge in [-0.2, -0.15) is 0 Å². The minimum absolute atomic E-state index is 0.0396. The van der Waals surface area contributed by atoms with Crippen LogP contribution in [0.3, 0.4) is 0 Å². The number of ether oxygens (including phenoxy) is 1. The van der Waals surface area contributed by atoms with Gasteiger partial charge in [-0.25, -0.2) is 4.39 Å². The van der Waals surface area contributed by atoms with Crippen LogP contribution in [0, 0.1) is 12.7 Å². The van der Waals surface area contributed by atoms with E-state index in [0.717, 1.165) is 0 Å². The topological polar surface area (TPSA) is 52.3 Å². The molecule has 0 spiro atoms. The summed E-state index contributed by atoms with van der Waals surface area (Å²) in [7, 11) is 1.29. The third-order valence-electron chi connectivity index (χ3n) is 2.02. The molecule has 76 valence electrons. The predicted molar refractivity (Wildman–Crippen MR) is 51.3 cm³/mol. The van der Waals surface area contributed by atoms with E-state index in [2.05, 4.69) is 4.74 Å². The molecule has 0 aliphatic rings. The highest BCUT2D eigenvalue weighted by Gasteiger charge is 2.08. The van der Waals surface area contributed by atoms with Crippen LogP contribution in [0.25, 0.3) is 0 Å². The highest BCUT2D eigenvalue weighted by Crippen LogP contribution is 2.17. The quantitative estimate of drug-likeness (QED) is 0.576. The molecule has 0 atom stereocenters. The third-order valence-corrected chi connectivity index (χ3v) is 2.02. The van der Waals surface area contributed by atoms with E-state index in [1.165, 1.54) is 13.2 Å². The fourth-order valence-electron chi connectivity index (χ4n) is 1.10. The number of nitrogen functional groups attached to an aromatic ring is 1. The molecule has 3 nitrogen and oxygen atoms in total. The fraction of sp³-hybridized carbons (Fsp3) is 0.300. The molecule has 0 aromatic heterocycles. The zero-order valence-electron chi connectivity index (χ0n) is 8.13. The summed E-state index contributed by atoms with van der Waals surface area (Å²) in [5.41, 5.74) is 6.82. The number of methoxy groups -OCH3 is 1. The van der Waals surface area contributed by atoms with E-state index in [4.69, 9.17) is 5.73 Å². The zero-order chi connectivity index (χ0) is 10.7. The number of carbonyl (C=O) groups excluding carboxylic acids is 1. The normalized spacial score (nSPS) is 9.93. The number of rotatable bonds is 2. The van der Waals surface area contributed by atoms with E-state index in [1.807, 2.05) is 0 Å². The van der Waals surface area contributed by atoms with Crippen LogP contribution in [0.4, 0.5) is 10.1 Å². The molecular weight excluding hydrogens is 185 g/mol. The Hall–Kier alpha value is -1.58. The lowest BCUT2D eigenvalue weighted by Crippen LogP contribution is -2.06. The maximum atomic E-state index is 13.2. The molecule has 0 amide bonds. The number of esters is 1. The molecule has 4 heteroatoms. The molecule has 0 aliphatic carbocycles. The first-order valence-corrected chi connectivity index (χ1v) is 4.16. The molecule has 0 radical (unpaired) electrons. The van der Waals surface area contributed by atoms with Crippen LogP contribution in [0.5, 0.6) is 0 Å². The number of carbonyl (C=O) groups is 1. The Balaban J connectivity index is 2.95. The summed E-state index contributed by atoms with van der Waals surface area (Å²) < 4.78 is 17.6. The summed E-state index contributed by atoms with van der Waals surface area (Å²) in [4.78, 5) is 10.9. The van der Waals surface area contributed by atoms with Gasteiger partial charge >= 0.3 is 5.97 Å². The monoisotopic (exact) mass is 197 g/mol. The number of halogens is 1. The second-order valence-corrected chi connectivity index (χ2v) is 3.04. The first kappa shape index (κ1) is 10.5. The Morgan fingerprint density at radius 3 is 2.71 bits per heavy atom. The number of benzene rings is 1. The molecule has 1 aromatic rings. The predicted octanol–water partition coefficient (Wildman–Crippen LogP) is 1.43. The van der Waals surface area contributed by atoms with Crippen molar-refractivity contribution < 1.29 is 13.9 Å². The molecular formula is C10H12FNO2. The molecule has 1 aromatic carbocycles. The van der Waals surface area contributed by atoms with Gasteiger partial charge in [0.05, 0.1) is 13.5 Å². The molecule has 2 N–H and O–H groups in total. The van der Waals surface area contributed by atoms with E-state index in [9.17, 15) is 9.18 Å². The first-order chi connectivity index (χ1) is 6.54. The second-order valence-electron chi connectivity index (χ2n) is 3.04. The lowest BCUT2D eigenvalue weighted by Gasteiger charge is -2.05. The molecule has 0 unspecified atom stereocenters. The summed E-state index contributed by atoms with van der Waals surface area (Å²) in [6.07, 6.45) is 0.0396. The van der Waals surface area contributed by atoms with Crippen molar-refractivity contribution in [2.24, 2.45) is 0 Å². The fourth-order valence-corrected chi connectivity index (χ4v) is 1.10. The van der Waals surface area contributed by atoms with Crippen LogP contribution in [-0.4, -0.2) is 13.1 Å². The van der Waals surface area contributed by atoms with Crippen LogP contribution < -0.4 is 5.73 Å². The van der Waals surface area contributed by atoms with E-state index < -0.39 is 11.8 Å². The number of nitrogens with two attached hydrogens (primary N) is 1. The van der Waals surface area contributed by atoms with Crippen molar-refractivity contribution >= 4 is 11.7 Å². The molecule has 14 heavy (non-hydrogen) atoms. The molecule has 0 saturated heterocycles.